The molecular formula is C11H16N2O2. The van der Waals surface area contributed by atoms with E-state index in [2.05, 4.69) is 11.2 Å². The lowest BCUT2D eigenvalue weighted by molar-refractivity contribution is -0.127. The fraction of sp³-hybridized carbons (Fsp3) is 0.636. The van der Waals surface area contributed by atoms with E-state index in [4.69, 9.17) is 6.42 Å². The third-order valence-electron chi connectivity index (χ3n) is 2.43. The average molecular weight is 208 g/mol. The summed E-state index contributed by atoms with van der Waals surface area (Å²) in [6.07, 6.45) is 6.52. The highest BCUT2D eigenvalue weighted by molar-refractivity contribution is 5.79. The van der Waals surface area contributed by atoms with Gasteiger partial charge >= 0.3 is 0 Å². The molecule has 0 aromatic rings. The molecule has 0 bridgehead atoms. The zero-order valence-electron chi connectivity index (χ0n) is 8.95. The maximum absolute atomic E-state index is 11.4. The molecule has 1 heterocycles. The van der Waals surface area contributed by atoms with Gasteiger partial charge in [-0.2, -0.15) is 0 Å². The van der Waals surface area contributed by atoms with Crippen molar-refractivity contribution in [2.24, 2.45) is 5.92 Å². The first-order chi connectivity index (χ1) is 7.13. The minimum Gasteiger partial charge on any atom is -0.356 e. The van der Waals surface area contributed by atoms with Crippen LogP contribution in [-0.4, -0.2) is 36.3 Å². The van der Waals surface area contributed by atoms with Gasteiger partial charge in [0.15, 0.2) is 0 Å². The fourth-order valence-corrected chi connectivity index (χ4v) is 1.63. The van der Waals surface area contributed by atoms with Gasteiger partial charge in [-0.05, 0) is 6.42 Å². The number of nitrogens with zero attached hydrogens (tertiary/aromatic N) is 1. The summed E-state index contributed by atoms with van der Waals surface area (Å²) in [5, 5.41) is 2.69. The van der Waals surface area contributed by atoms with Crippen LogP contribution in [0.25, 0.3) is 0 Å². The molecule has 0 spiro atoms. The van der Waals surface area contributed by atoms with Crippen molar-refractivity contribution in [3.63, 3.8) is 0 Å². The van der Waals surface area contributed by atoms with Crippen LogP contribution in [0.3, 0.4) is 0 Å². The summed E-state index contributed by atoms with van der Waals surface area (Å²) in [5.74, 6) is 2.76. The Balaban J connectivity index is 2.20. The SMILES string of the molecule is C#CC1CC(=O)N(CCCNC(C)=O)C1. The van der Waals surface area contributed by atoms with Gasteiger partial charge in [0.25, 0.3) is 0 Å². The molecule has 1 N–H and O–H groups in total. The molecule has 4 nitrogen and oxygen atoms in total. The highest BCUT2D eigenvalue weighted by Crippen LogP contribution is 2.16. The van der Waals surface area contributed by atoms with E-state index in [0.717, 1.165) is 6.42 Å². The first-order valence-electron chi connectivity index (χ1n) is 5.12. The van der Waals surface area contributed by atoms with Crippen LogP contribution in [0.15, 0.2) is 0 Å². The number of hydrogen-bond acceptors (Lipinski definition) is 2. The van der Waals surface area contributed by atoms with Gasteiger partial charge < -0.3 is 10.2 Å². The molecule has 4 heteroatoms. The Morgan fingerprint density at radius 1 is 1.73 bits per heavy atom. The summed E-state index contributed by atoms with van der Waals surface area (Å²) in [6.45, 7) is 3.43. The molecule has 1 fully saturated rings. The van der Waals surface area contributed by atoms with Gasteiger partial charge in [0, 0.05) is 38.9 Å². The maximum Gasteiger partial charge on any atom is 0.223 e. The van der Waals surface area contributed by atoms with Crippen LogP contribution in [0, 0.1) is 18.3 Å². The number of terminal acetylenes is 1. The Labute approximate surface area is 90.0 Å². The number of likely N-dealkylation sites (tertiary alicyclic amines) is 1. The molecule has 15 heavy (non-hydrogen) atoms. The molecule has 1 rings (SSSR count). The quantitative estimate of drug-likeness (QED) is 0.522. The molecule has 0 aromatic heterocycles. The van der Waals surface area contributed by atoms with E-state index in [-0.39, 0.29) is 17.7 Å². The lowest BCUT2D eigenvalue weighted by Gasteiger charge is -2.15. The van der Waals surface area contributed by atoms with Crippen molar-refractivity contribution in [1.82, 2.24) is 10.2 Å². The van der Waals surface area contributed by atoms with E-state index in [1.807, 2.05) is 0 Å². The predicted molar refractivity (Wildman–Crippen MR) is 56.8 cm³/mol. The van der Waals surface area contributed by atoms with Crippen LogP contribution < -0.4 is 5.32 Å². The second-order valence-electron chi connectivity index (χ2n) is 3.74. The Hall–Kier alpha value is -1.50. The molecule has 1 unspecified atom stereocenters. The van der Waals surface area contributed by atoms with Crippen LogP contribution in [0.5, 0.6) is 0 Å². The number of amides is 2. The van der Waals surface area contributed by atoms with E-state index in [1.165, 1.54) is 6.92 Å². The number of carbonyl (C=O) groups excluding carboxylic acids is 2. The molecule has 82 valence electrons. The third-order valence-corrected chi connectivity index (χ3v) is 2.43. The zero-order valence-corrected chi connectivity index (χ0v) is 8.95. The Morgan fingerprint density at radius 3 is 3.00 bits per heavy atom. The summed E-state index contributed by atoms with van der Waals surface area (Å²) < 4.78 is 0. The van der Waals surface area contributed by atoms with Crippen LogP contribution in [0.1, 0.15) is 19.8 Å². The largest absolute Gasteiger partial charge is 0.356 e. The van der Waals surface area contributed by atoms with E-state index in [9.17, 15) is 9.59 Å². The molecule has 1 aliphatic rings. The summed E-state index contributed by atoms with van der Waals surface area (Å²) in [4.78, 5) is 23.8. The van der Waals surface area contributed by atoms with Crippen molar-refractivity contribution in [1.29, 1.82) is 0 Å². The van der Waals surface area contributed by atoms with E-state index >= 15 is 0 Å². The summed E-state index contributed by atoms with van der Waals surface area (Å²) in [7, 11) is 0. The fourth-order valence-electron chi connectivity index (χ4n) is 1.63. The maximum atomic E-state index is 11.4. The summed E-state index contributed by atoms with van der Waals surface area (Å²) in [5.41, 5.74) is 0. The van der Waals surface area contributed by atoms with Crippen LogP contribution >= 0.6 is 0 Å². The first-order valence-corrected chi connectivity index (χ1v) is 5.12. The molecular weight excluding hydrogens is 192 g/mol. The Bertz CT molecular complexity index is 293. The molecule has 0 saturated carbocycles. The minimum atomic E-state index is -0.0377. The van der Waals surface area contributed by atoms with Gasteiger partial charge in [-0.15, -0.1) is 12.3 Å². The Morgan fingerprint density at radius 2 is 2.47 bits per heavy atom. The third kappa shape index (κ3) is 3.62. The molecule has 0 aliphatic carbocycles. The van der Waals surface area contributed by atoms with E-state index in [0.29, 0.717) is 26.1 Å². The van der Waals surface area contributed by atoms with Gasteiger partial charge in [0.1, 0.15) is 0 Å². The standard InChI is InChI=1S/C11H16N2O2/c1-3-10-7-11(15)13(8-10)6-4-5-12-9(2)14/h1,10H,4-8H2,2H3,(H,12,14). The molecule has 1 aliphatic heterocycles. The predicted octanol–water partition coefficient (Wildman–Crippen LogP) is -0.00570. The number of hydrogen-bond donors (Lipinski definition) is 1. The average Bonchev–Trinajstić information content (AvgIpc) is 2.54. The monoisotopic (exact) mass is 208 g/mol. The smallest absolute Gasteiger partial charge is 0.223 e. The number of carbonyl (C=O) groups is 2. The molecule has 0 radical (unpaired) electrons. The minimum absolute atomic E-state index is 0.0377. The van der Waals surface area contributed by atoms with E-state index in [1.54, 1.807) is 4.90 Å². The highest BCUT2D eigenvalue weighted by Gasteiger charge is 2.27. The van der Waals surface area contributed by atoms with Crippen molar-refractivity contribution >= 4 is 11.8 Å². The van der Waals surface area contributed by atoms with Crippen LogP contribution in [0.4, 0.5) is 0 Å². The molecule has 1 atom stereocenters. The lowest BCUT2D eigenvalue weighted by atomic mass is 10.1. The Kier molecular flexibility index (Phi) is 4.17. The number of nitrogens with one attached hydrogen (secondary N) is 1. The summed E-state index contributed by atoms with van der Waals surface area (Å²) in [6, 6.07) is 0. The second-order valence-corrected chi connectivity index (χ2v) is 3.74. The van der Waals surface area contributed by atoms with Crippen molar-refractivity contribution < 1.29 is 9.59 Å². The van der Waals surface area contributed by atoms with Gasteiger partial charge in [0.2, 0.25) is 11.8 Å². The normalized spacial score (nSPS) is 20.1. The topological polar surface area (TPSA) is 49.4 Å². The van der Waals surface area contributed by atoms with Crippen LogP contribution in [-0.2, 0) is 9.59 Å². The van der Waals surface area contributed by atoms with Gasteiger partial charge in [-0.3, -0.25) is 9.59 Å². The molecule has 2 amide bonds. The van der Waals surface area contributed by atoms with E-state index < -0.39 is 0 Å². The lowest BCUT2D eigenvalue weighted by Crippen LogP contribution is -2.30. The van der Waals surface area contributed by atoms with Crippen molar-refractivity contribution in [3.8, 4) is 12.3 Å². The van der Waals surface area contributed by atoms with Gasteiger partial charge in [-0.1, -0.05) is 0 Å². The number of rotatable bonds is 4. The molecule has 0 aromatic carbocycles. The van der Waals surface area contributed by atoms with Crippen molar-refractivity contribution in [3.05, 3.63) is 0 Å². The second kappa shape index (κ2) is 5.40. The first kappa shape index (κ1) is 11.6. The highest BCUT2D eigenvalue weighted by atomic mass is 16.2. The zero-order chi connectivity index (χ0) is 11.3. The van der Waals surface area contributed by atoms with Gasteiger partial charge in [-0.25, -0.2) is 0 Å². The van der Waals surface area contributed by atoms with Crippen molar-refractivity contribution in [2.45, 2.75) is 19.8 Å². The van der Waals surface area contributed by atoms with Crippen LogP contribution in [0.2, 0.25) is 0 Å². The van der Waals surface area contributed by atoms with Gasteiger partial charge in [0.05, 0.1) is 0 Å². The van der Waals surface area contributed by atoms with Crippen molar-refractivity contribution in [2.75, 3.05) is 19.6 Å². The molecule has 1 saturated heterocycles. The summed E-state index contributed by atoms with van der Waals surface area (Å²) >= 11 is 0.